The van der Waals surface area contributed by atoms with Gasteiger partial charge in [-0.15, -0.1) is 11.8 Å². The van der Waals surface area contributed by atoms with Crippen molar-refractivity contribution in [3.8, 4) is 0 Å². The number of rotatable bonds is 7. The summed E-state index contributed by atoms with van der Waals surface area (Å²) in [6.45, 7) is 1.59. The van der Waals surface area contributed by atoms with E-state index in [1.165, 1.54) is 36.0 Å². The van der Waals surface area contributed by atoms with Gasteiger partial charge >= 0.3 is 0 Å². The summed E-state index contributed by atoms with van der Waals surface area (Å²) in [7, 11) is -3.23. The summed E-state index contributed by atoms with van der Waals surface area (Å²) >= 11 is 1.42. The third-order valence-electron chi connectivity index (χ3n) is 3.29. The molecule has 0 fully saturated rings. The number of carbonyl (C=O) groups excluding carboxylic acids is 1. The summed E-state index contributed by atoms with van der Waals surface area (Å²) in [6.07, 6.45) is 0. The van der Waals surface area contributed by atoms with Crippen LogP contribution in [0.25, 0.3) is 0 Å². The Bertz CT molecular complexity index is 788. The van der Waals surface area contributed by atoms with Gasteiger partial charge in [-0.2, -0.15) is 0 Å². The molecule has 0 bridgehead atoms. The number of halogens is 1. The third kappa shape index (κ3) is 5.35. The molecule has 0 radical (unpaired) electrons. The van der Waals surface area contributed by atoms with Crippen LogP contribution in [0.2, 0.25) is 0 Å². The summed E-state index contributed by atoms with van der Waals surface area (Å²) in [4.78, 5) is 12.1. The number of amides is 1. The fourth-order valence-electron chi connectivity index (χ4n) is 1.95. The van der Waals surface area contributed by atoms with Gasteiger partial charge in [-0.05, 0) is 42.0 Å². The van der Waals surface area contributed by atoms with Crippen LogP contribution < -0.4 is 5.32 Å². The van der Waals surface area contributed by atoms with Gasteiger partial charge in [0.15, 0.2) is 9.84 Å². The normalized spacial score (nSPS) is 11.2. The van der Waals surface area contributed by atoms with Crippen LogP contribution in [0.1, 0.15) is 12.5 Å². The van der Waals surface area contributed by atoms with Gasteiger partial charge in [0.1, 0.15) is 5.82 Å². The van der Waals surface area contributed by atoms with E-state index >= 15 is 0 Å². The number of nitrogens with one attached hydrogen (secondary N) is 1. The second-order valence-electron chi connectivity index (χ2n) is 5.10. The maximum atomic E-state index is 12.8. The smallest absolute Gasteiger partial charge is 0.234 e. The monoisotopic (exact) mass is 367 g/mol. The Morgan fingerprint density at radius 1 is 1.08 bits per heavy atom. The molecular weight excluding hydrogens is 349 g/mol. The number of sulfone groups is 1. The molecule has 0 aliphatic rings. The van der Waals surface area contributed by atoms with Crippen molar-refractivity contribution in [1.82, 2.24) is 0 Å². The first kappa shape index (κ1) is 18.5. The lowest BCUT2D eigenvalue weighted by Crippen LogP contribution is -2.14. The Hall–Kier alpha value is -1.86. The molecular formula is C17H18FNO3S2. The van der Waals surface area contributed by atoms with Crippen molar-refractivity contribution in [2.75, 3.05) is 16.8 Å². The molecule has 128 valence electrons. The molecule has 0 unspecified atom stereocenters. The molecule has 0 saturated heterocycles. The van der Waals surface area contributed by atoms with Crippen molar-refractivity contribution >= 4 is 33.2 Å². The Balaban J connectivity index is 1.83. The minimum atomic E-state index is -3.23. The minimum Gasteiger partial charge on any atom is -0.325 e. The second kappa shape index (κ2) is 8.30. The van der Waals surface area contributed by atoms with E-state index in [0.717, 1.165) is 5.56 Å². The van der Waals surface area contributed by atoms with E-state index in [1.54, 1.807) is 31.2 Å². The molecule has 2 aromatic rings. The van der Waals surface area contributed by atoms with Crippen LogP contribution in [0.15, 0.2) is 53.4 Å². The quantitative estimate of drug-likeness (QED) is 0.814. The maximum absolute atomic E-state index is 12.8. The number of hydrogen-bond donors (Lipinski definition) is 1. The van der Waals surface area contributed by atoms with Crippen molar-refractivity contribution in [2.45, 2.75) is 17.6 Å². The Morgan fingerprint density at radius 2 is 1.71 bits per heavy atom. The number of hydrogen-bond acceptors (Lipinski definition) is 4. The van der Waals surface area contributed by atoms with E-state index < -0.39 is 9.84 Å². The summed E-state index contributed by atoms with van der Waals surface area (Å²) < 4.78 is 36.2. The molecule has 0 aromatic heterocycles. The van der Waals surface area contributed by atoms with Crippen LogP contribution in [-0.2, 0) is 20.4 Å². The average molecular weight is 367 g/mol. The highest BCUT2D eigenvalue weighted by molar-refractivity contribution is 7.99. The van der Waals surface area contributed by atoms with Crippen LogP contribution in [0.5, 0.6) is 0 Å². The molecule has 0 aliphatic heterocycles. The van der Waals surface area contributed by atoms with Crippen molar-refractivity contribution in [2.24, 2.45) is 0 Å². The highest BCUT2D eigenvalue weighted by Gasteiger charge is 2.11. The maximum Gasteiger partial charge on any atom is 0.234 e. The van der Waals surface area contributed by atoms with Gasteiger partial charge in [-0.1, -0.05) is 19.1 Å². The van der Waals surface area contributed by atoms with E-state index in [4.69, 9.17) is 0 Å². The predicted molar refractivity (Wildman–Crippen MR) is 95.4 cm³/mol. The van der Waals surface area contributed by atoms with Gasteiger partial charge in [0.05, 0.1) is 16.4 Å². The van der Waals surface area contributed by atoms with Crippen LogP contribution in [-0.4, -0.2) is 25.8 Å². The second-order valence-corrected chi connectivity index (χ2v) is 8.36. The lowest BCUT2D eigenvalue weighted by molar-refractivity contribution is -0.113. The van der Waals surface area contributed by atoms with Crippen molar-refractivity contribution in [3.05, 3.63) is 59.9 Å². The molecule has 7 heteroatoms. The predicted octanol–water partition coefficient (Wildman–Crippen LogP) is 3.49. The largest absolute Gasteiger partial charge is 0.325 e. The van der Waals surface area contributed by atoms with Gasteiger partial charge in [-0.25, -0.2) is 12.8 Å². The van der Waals surface area contributed by atoms with Gasteiger partial charge in [0.25, 0.3) is 0 Å². The zero-order valence-electron chi connectivity index (χ0n) is 13.2. The first-order chi connectivity index (χ1) is 11.4. The molecule has 0 aliphatic carbocycles. The Kier molecular flexibility index (Phi) is 6.39. The van der Waals surface area contributed by atoms with Gasteiger partial charge in [-0.3, -0.25) is 4.79 Å². The molecule has 0 atom stereocenters. The number of benzene rings is 2. The average Bonchev–Trinajstić information content (AvgIpc) is 2.57. The molecule has 24 heavy (non-hydrogen) atoms. The zero-order chi connectivity index (χ0) is 17.6. The summed E-state index contributed by atoms with van der Waals surface area (Å²) in [6, 6.07) is 12.3. The lowest BCUT2D eigenvalue weighted by atomic mass is 10.2. The third-order valence-corrected chi connectivity index (χ3v) is 6.05. The molecule has 2 rings (SSSR count). The molecule has 1 N–H and O–H groups in total. The fourth-order valence-corrected chi connectivity index (χ4v) is 3.62. The van der Waals surface area contributed by atoms with Crippen molar-refractivity contribution in [3.63, 3.8) is 0 Å². The SMILES string of the molecule is CCS(=O)(=O)c1ccc(NC(=O)CSCc2ccc(F)cc2)cc1. The Labute approximate surface area is 145 Å². The van der Waals surface area contributed by atoms with E-state index in [9.17, 15) is 17.6 Å². The van der Waals surface area contributed by atoms with Gasteiger partial charge in [0.2, 0.25) is 5.91 Å². The summed E-state index contributed by atoms with van der Waals surface area (Å²) in [5, 5.41) is 2.72. The van der Waals surface area contributed by atoms with E-state index in [1.807, 2.05) is 0 Å². The zero-order valence-corrected chi connectivity index (χ0v) is 14.8. The molecule has 0 spiro atoms. The van der Waals surface area contributed by atoms with Gasteiger partial charge < -0.3 is 5.32 Å². The van der Waals surface area contributed by atoms with E-state index in [-0.39, 0.29) is 28.1 Å². The Morgan fingerprint density at radius 3 is 2.29 bits per heavy atom. The van der Waals surface area contributed by atoms with Gasteiger partial charge in [0, 0.05) is 11.4 Å². The van der Waals surface area contributed by atoms with Crippen LogP contribution >= 0.6 is 11.8 Å². The molecule has 0 heterocycles. The highest BCUT2D eigenvalue weighted by atomic mass is 32.2. The number of anilines is 1. The fraction of sp³-hybridized carbons (Fsp3) is 0.235. The van der Waals surface area contributed by atoms with E-state index in [2.05, 4.69) is 5.32 Å². The molecule has 4 nitrogen and oxygen atoms in total. The molecule has 2 aromatic carbocycles. The van der Waals surface area contributed by atoms with Crippen molar-refractivity contribution < 1.29 is 17.6 Å². The summed E-state index contributed by atoms with van der Waals surface area (Å²) in [5.41, 5.74) is 1.50. The molecule has 0 saturated carbocycles. The minimum absolute atomic E-state index is 0.0404. The van der Waals surface area contributed by atoms with Crippen LogP contribution in [0.3, 0.4) is 0 Å². The van der Waals surface area contributed by atoms with E-state index in [0.29, 0.717) is 11.4 Å². The first-order valence-electron chi connectivity index (χ1n) is 7.35. The van der Waals surface area contributed by atoms with Crippen LogP contribution in [0, 0.1) is 5.82 Å². The highest BCUT2D eigenvalue weighted by Crippen LogP contribution is 2.17. The number of thioether (sulfide) groups is 1. The molecule has 1 amide bonds. The number of carbonyl (C=O) groups is 1. The first-order valence-corrected chi connectivity index (χ1v) is 10.2. The summed E-state index contributed by atoms with van der Waals surface area (Å²) in [5.74, 6) is 0.454. The topological polar surface area (TPSA) is 63.2 Å². The van der Waals surface area contributed by atoms with Crippen LogP contribution in [0.4, 0.5) is 10.1 Å². The standard InChI is InChI=1S/C17H18FNO3S2/c1-2-24(21,22)16-9-7-15(8-10-16)19-17(20)12-23-11-13-3-5-14(18)6-4-13/h3-10H,2,11-12H2,1H3,(H,19,20). The lowest BCUT2D eigenvalue weighted by Gasteiger charge is -2.07. The van der Waals surface area contributed by atoms with Crippen molar-refractivity contribution in [1.29, 1.82) is 0 Å².